The van der Waals surface area contributed by atoms with E-state index in [0.717, 1.165) is 17.4 Å². The zero-order chi connectivity index (χ0) is 17.6. The number of nitrogens with one attached hydrogen (secondary N) is 1. The first kappa shape index (κ1) is 17.1. The maximum Gasteiger partial charge on any atom is 0.362 e. The molecule has 0 spiro atoms. The summed E-state index contributed by atoms with van der Waals surface area (Å²) in [6, 6.07) is 5.48. The molecule has 0 unspecified atom stereocenters. The van der Waals surface area contributed by atoms with Gasteiger partial charge >= 0.3 is 12.0 Å². The van der Waals surface area contributed by atoms with E-state index >= 15 is 0 Å². The minimum atomic E-state index is -0.591. The van der Waals surface area contributed by atoms with Crippen molar-refractivity contribution >= 4 is 34.4 Å². The van der Waals surface area contributed by atoms with Crippen LogP contribution in [0.1, 0.15) is 17.4 Å². The van der Waals surface area contributed by atoms with Crippen molar-refractivity contribution in [2.75, 3.05) is 43.0 Å². The average Bonchev–Trinajstić information content (AvgIpc) is 3.11. The summed E-state index contributed by atoms with van der Waals surface area (Å²) in [6.07, 6.45) is 1.75. The Morgan fingerprint density at radius 1 is 1.28 bits per heavy atom. The molecule has 1 aliphatic heterocycles. The Morgan fingerprint density at radius 3 is 2.76 bits per heavy atom. The van der Waals surface area contributed by atoms with Crippen molar-refractivity contribution in [2.45, 2.75) is 6.92 Å². The average molecular weight is 362 g/mol. The summed E-state index contributed by atoms with van der Waals surface area (Å²) in [5.41, 5.74) is 0.0346. The first-order valence-corrected chi connectivity index (χ1v) is 8.67. The molecule has 10 heteroatoms. The minimum absolute atomic E-state index is 0.0346. The van der Waals surface area contributed by atoms with Crippen molar-refractivity contribution in [3.8, 4) is 0 Å². The molecular weight excluding hydrogens is 344 g/mol. The molecule has 0 saturated carbocycles. The highest BCUT2D eigenvalue weighted by molar-refractivity contribution is 7.10. The summed E-state index contributed by atoms with van der Waals surface area (Å²) in [5, 5.41) is 6.73. The van der Waals surface area contributed by atoms with Gasteiger partial charge < -0.3 is 14.5 Å². The molecule has 0 atom stereocenters. The second kappa shape index (κ2) is 7.88. The van der Waals surface area contributed by atoms with Crippen LogP contribution in [-0.2, 0) is 4.74 Å². The highest BCUT2D eigenvalue weighted by Crippen LogP contribution is 2.20. The van der Waals surface area contributed by atoms with E-state index in [1.807, 2.05) is 18.2 Å². The van der Waals surface area contributed by atoms with Gasteiger partial charge in [0.05, 0.1) is 6.61 Å². The normalized spacial score (nSPS) is 14.3. The zero-order valence-electron chi connectivity index (χ0n) is 13.7. The lowest BCUT2D eigenvalue weighted by atomic mass is 10.3. The zero-order valence-corrected chi connectivity index (χ0v) is 14.5. The van der Waals surface area contributed by atoms with Crippen molar-refractivity contribution in [3.63, 3.8) is 0 Å². The Morgan fingerprint density at radius 2 is 2.08 bits per heavy atom. The van der Waals surface area contributed by atoms with Crippen molar-refractivity contribution in [3.05, 3.63) is 30.1 Å². The molecule has 1 aliphatic rings. The molecule has 0 radical (unpaired) electrons. The largest absolute Gasteiger partial charge is 0.461 e. The van der Waals surface area contributed by atoms with E-state index in [2.05, 4.69) is 24.8 Å². The SMILES string of the molecule is CCOC(=O)c1nnsc1NC(=O)N1CCN(c2ccccn2)CC1. The molecule has 2 aromatic rings. The first-order chi connectivity index (χ1) is 12.2. The Labute approximate surface area is 148 Å². The lowest BCUT2D eigenvalue weighted by Crippen LogP contribution is -2.50. The van der Waals surface area contributed by atoms with Crippen LogP contribution in [0.5, 0.6) is 0 Å². The fraction of sp³-hybridized carbons (Fsp3) is 0.400. The smallest absolute Gasteiger partial charge is 0.362 e. The van der Waals surface area contributed by atoms with Crippen LogP contribution in [0.25, 0.3) is 0 Å². The number of hydrogen-bond donors (Lipinski definition) is 1. The van der Waals surface area contributed by atoms with Crippen LogP contribution in [-0.4, -0.2) is 64.3 Å². The molecule has 3 heterocycles. The highest BCUT2D eigenvalue weighted by Gasteiger charge is 2.25. The molecule has 0 aliphatic carbocycles. The van der Waals surface area contributed by atoms with Gasteiger partial charge in [-0.1, -0.05) is 10.6 Å². The summed E-state index contributed by atoms with van der Waals surface area (Å²) >= 11 is 0.953. The number of carbonyl (C=O) groups is 2. The van der Waals surface area contributed by atoms with E-state index in [-0.39, 0.29) is 18.3 Å². The maximum atomic E-state index is 12.4. The van der Waals surface area contributed by atoms with Crippen LogP contribution in [0.4, 0.5) is 15.6 Å². The molecule has 3 rings (SSSR count). The molecule has 1 N–H and O–H groups in total. The number of esters is 1. The Balaban J connectivity index is 1.57. The number of pyridine rings is 1. The van der Waals surface area contributed by atoms with Gasteiger partial charge in [-0.05, 0) is 19.1 Å². The third kappa shape index (κ3) is 4.02. The van der Waals surface area contributed by atoms with Gasteiger partial charge in [0.25, 0.3) is 0 Å². The Bertz CT molecular complexity index is 730. The van der Waals surface area contributed by atoms with E-state index in [4.69, 9.17) is 4.74 Å². The molecule has 0 bridgehead atoms. The molecule has 2 amide bonds. The molecule has 1 fully saturated rings. The summed E-state index contributed by atoms with van der Waals surface area (Å²) in [4.78, 5) is 32.3. The molecule has 0 aromatic carbocycles. The van der Waals surface area contributed by atoms with Gasteiger partial charge in [0.1, 0.15) is 5.82 Å². The van der Waals surface area contributed by atoms with Crippen LogP contribution in [0.15, 0.2) is 24.4 Å². The second-order valence-corrected chi connectivity index (χ2v) is 6.02. The fourth-order valence-electron chi connectivity index (χ4n) is 2.46. The first-order valence-electron chi connectivity index (χ1n) is 7.90. The third-order valence-electron chi connectivity index (χ3n) is 3.72. The van der Waals surface area contributed by atoms with Crippen molar-refractivity contribution in [1.29, 1.82) is 0 Å². The monoisotopic (exact) mass is 362 g/mol. The molecule has 2 aromatic heterocycles. The van der Waals surface area contributed by atoms with E-state index < -0.39 is 5.97 Å². The van der Waals surface area contributed by atoms with Gasteiger partial charge in [0, 0.05) is 43.9 Å². The number of anilines is 2. The summed E-state index contributed by atoms with van der Waals surface area (Å²) in [5.74, 6) is 0.310. The second-order valence-electron chi connectivity index (χ2n) is 5.26. The van der Waals surface area contributed by atoms with Crippen LogP contribution < -0.4 is 10.2 Å². The minimum Gasteiger partial charge on any atom is -0.461 e. The lowest BCUT2D eigenvalue weighted by molar-refractivity contribution is 0.0520. The van der Waals surface area contributed by atoms with Crippen LogP contribution >= 0.6 is 11.5 Å². The van der Waals surface area contributed by atoms with Crippen molar-refractivity contribution in [1.82, 2.24) is 19.5 Å². The number of piperazine rings is 1. The van der Waals surface area contributed by atoms with Gasteiger partial charge in [0.15, 0.2) is 5.00 Å². The summed E-state index contributed by atoms with van der Waals surface area (Å²) in [6.45, 7) is 4.44. The number of nitrogens with zero attached hydrogens (tertiary/aromatic N) is 5. The Hall–Kier alpha value is -2.75. The maximum absolute atomic E-state index is 12.4. The van der Waals surface area contributed by atoms with E-state index in [1.165, 1.54) is 0 Å². The number of rotatable bonds is 4. The van der Waals surface area contributed by atoms with Crippen LogP contribution in [0.3, 0.4) is 0 Å². The quantitative estimate of drug-likeness (QED) is 0.822. The van der Waals surface area contributed by atoms with Gasteiger partial charge in [0.2, 0.25) is 5.69 Å². The van der Waals surface area contributed by atoms with Gasteiger partial charge in [-0.25, -0.2) is 14.6 Å². The van der Waals surface area contributed by atoms with Gasteiger partial charge in [-0.15, -0.1) is 5.10 Å². The predicted octanol–water partition coefficient (Wildman–Crippen LogP) is 1.46. The molecule has 9 nitrogen and oxygen atoms in total. The van der Waals surface area contributed by atoms with Crippen LogP contribution in [0.2, 0.25) is 0 Å². The predicted molar refractivity (Wildman–Crippen MR) is 92.9 cm³/mol. The number of hydrogen-bond acceptors (Lipinski definition) is 8. The topological polar surface area (TPSA) is 101 Å². The highest BCUT2D eigenvalue weighted by atomic mass is 32.1. The van der Waals surface area contributed by atoms with Gasteiger partial charge in [-0.2, -0.15) is 0 Å². The Kier molecular flexibility index (Phi) is 5.39. The summed E-state index contributed by atoms with van der Waals surface area (Å²) < 4.78 is 8.62. The molecule has 1 saturated heterocycles. The number of carbonyl (C=O) groups excluding carboxylic acids is 2. The standard InChI is InChI=1S/C15H18N6O3S/c1-2-24-14(22)12-13(25-19-18-12)17-15(23)21-9-7-20(8-10-21)11-5-3-4-6-16-11/h3-6H,2,7-10H2,1H3,(H,17,23). The van der Waals surface area contributed by atoms with E-state index in [0.29, 0.717) is 31.2 Å². The molecule has 25 heavy (non-hydrogen) atoms. The van der Waals surface area contributed by atoms with Crippen molar-refractivity contribution < 1.29 is 14.3 Å². The lowest BCUT2D eigenvalue weighted by Gasteiger charge is -2.35. The van der Waals surface area contributed by atoms with E-state index in [1.54, 1.807) is 18.0 Å². The number of amides is 2. The summed E-state index contributed by atoms with van der Waals surface area (Å²) in [7, 11) is 0. The molecule has 132 valence electrons. The number of ether oxygens (including phenoxy) is 1. The fourth-order valence-corrected chi connectivity index (χ4v) is 3.01. The van der Waals surface area contributed by atoms with Crippen molar-refractivity contribution in [2.24, 2.45) is 0 Å². The van der Waals surface area contributed by atoms with E-state index in [9.17, 15) is 9.59 Å². The van der Waals surface area contributed by atoms with Gasteiger partial charge in [-0.3, -0.25) is 5.32 Å². The molecular formula is C15H18N6O3S. The third-order valence-corrected chi connectivity index (χ3v) is 4.36. The van der Waals surface area contributed by atoms with Crippen LogP contribution in [0, 0.1) is 0 Å². The number of aromatic nitrogens is 3. The number of urea groups is 1.